The maximum atomic E-state index is 12.9. The predicted octanol–water partition coefficient (Wildman–Crippen LogP) is 2.46. The highest BCUT2D eigenvalue weighted by atomic mass is 35.5. The molecule has 0 bridgehead atoms. The van der Waals surface area contributed by atoms with E-state index in [0.29, 0.717) is 11.3 Å². The van der Waals surface area contributed by atoms with Gasteiger partial charge in [-0.1, -0.05) is 30.3 Å². The van der Waals surface area contributed by atoms with Crippen molar-refractivity contribution in [2.24, 2.45) is 0 Å². The van der Waals surface area contributed by atoms with Crippen LogP contribution in [-0.4, -0.2) is 38.1 Å². The van der Waals surface area contributed by atoms with Gasteiger partial charge in [0.25, 0.3) is 5.91 Å². The summed E-state index contributed by atoms with van der Waals surface area (Å²) in [6.45, 7) is 1.72. The van der Waals surface area contributed by atoms with E-state index < -0.39 is 6.04 Å². The highest BCUT2D eigenvalue weighted by Gasteiger charge is 2.26. The van der Waals surface area contributed by atoms with E-state index in [1.165, 1.54) is 0 Å². The lowest BCUT2D eigenvalue weighted by Crippen LogP contribution is -2.49. The van der Waals surface area contributed by atoms with Crippen molar-refractivity contribution >= 4 is 24.2 Å². The molecule has 0 aromatic heterocycles. The third-order valence-corrected chi connectivity index (χ3v) is 4.67. The van der Waals surface area contributed by atoms with Gasteiger partial charge in [0.2, 0.25) is 5.91 Å². The van der Waals surface area contributed by atoms with Crippen LogP contribution in [0.4, 0.5) is 0 Å². The molecule has 0 radical (unpaired) electrons. The lowest BCUT2D eigenvalue weighted by Gasteiger charge is -2.27. The van der Waals surface area contributed by atoms with Crippen LogP contribution in [-0.2, 0) is 4.79 Å². The Kier molecular flexibility index (Phi) is 8.29. The molecule has 2 aromatic carbocycles. The Morgan fingerprint density at radius 2 is 1.82 bits per heavy atom. The van der Waals surface area contributed by atoms with E-state index in [1.54, 1.807) is 31.4 Å². The van der Waals surface area contributed by atoms with Crippen molar-refractivity contribution in [3.05, 3.63) is 65.7 Å². The molecule has 28 heavy (non-hydrogen) atoms. The summed E-state index contributed by atoms with van der Waals surface area (Å²) in [5, 5.41) is 9.20. The summed E-state index contributed by atoms with van der Waals surface area (Å²) < 4.78 is 5.12. The van der Waals surface area contributed by atoms with Crippen molar-refractivity contribution in [2.45, 2.75) is 24.9 Å². The zero-order valence-electron chi connectivity index (χ0n) is 15.8. The van der Waals surface area contributed by atoms with Gasteiger partial charge in [-0.25, -0.2) is 0 Å². The smallest absolute Gasteiger partial charge is 0.252 e. The number of halogens is 1. The van der Waals surface area contributed by atoms with Gasteiger partial charge < -0.3 is 20.7 Å². The monoisotopic (exact) mass is 403 g/mol. The first-order valence-corrected chi connectivity index (χ1v) is 9.18. The topological polar surface area (TPSA) is 79.5 Å². The molecule has 2 unspecified atom stereocenters. The van der Waals surface area contributed by atoms with E-state index in [9.17, 15) is 9.59 Å². The number of carbonyl (C=O) groups is 2. The van der Waals surface area contributed by atoms with Crippen LogP contribution < -0.4 is 20.7 Å². The third kappa shape index (κ3) is 5.71. The van der Waals surface area contributed by atoms with Gasteiger partial charge in [0.05, 0.1) is 7.11 Å². The van der Waals surface area contributed by atoms with Gasteiger partial charge in [-0.05, 0) is 49.2 Å². The molecular formula is C21H26ClN3O3. The Morgan fingerprint density at radius 3 is 2.43 bits per heavy atom. The molecule has 7 heteroatoms. The summed E-state index contributed by atoms with van der Waals surface area (Å²) in [5.74, 6) is 0.175. The molecule has 3 N–H and O–H groups in total. The molecule has 1 aliphatic heterocycles. The quantitative estimate of drug-likeness (QED) is 0.692. The van der Waals surface area contributed by atoms with Gasteiger partial charge >= 0.3 is 0 Å². The number of hydrogen-bond donors (Lipinski definition) is 3. The summed E-state index contributed by atoms with van der Waals surface area (Å²) in [5.41, 5.74) is 1.23. The lowest BCUT2D eigenvalue weighted by atomic mass is 10.0. The van der Waals surface area contributed by atoms with E-state index in [2.05, 4.69) is 16.0 Å². The van der Waals surface area contributed by atoms with Gasteiger partial charge in [-0.15, -0.1) is 12.4 Å². The van der Waals surface area contributed by atoms with Crippen LogP contribution in [0.15, 0.2) is 54.6 Å². The van der Waals surface area contributed by atoms with Gasteiger partial charge in [0.15, 0.2) is 0 Å². The second kappa shape index (κ2) is 10.7. The van der Waals surface area contributed by atoms with Crippen molar-refractivity contribution in [2.75, 3.05) is 20.2 Å². The highest BCUT2D eigenvalue weighted by Crippen LogP contribution is 2.16. The first kappa shape index (κ1) is 21.7. The molecule has 1 heterocycles. The van der Waals surface area contributed by atoms with E-state index in [1.807, 2.05) is 30.3 Å². The van der Waals surface area contributed by atoms with Gasteiger partial charge in [-0.2, -0.15) is 0 Å². The Morgan fingerprint density at radius 1 is 1.11 bits per heavy atom. The molecule has 2 amide bonds. The predicted molar refractivity (Wildman–Crippen MR) is 111 cm³/mol. The summed E-state index contributed by atoms with van der Waals surface area (Å²) in [6.07, 6.45) is 1.96. The molecule has 1 saturated heterocycles. The summed E-state index contributed by atoms with van der Waals surface area (Å²) in [4.78, 5) is 25.6. The highest BCUT2D eigenvalue weighted by molar-refractivity contribution is 5.98. The zero-order chi connectivity index (χ0) is 19.1. The molecule has 0 aliphatic carbocycles. The van der Waals surface area contributed by atoms with Gasteiger partial charge in [0, 0.05) is 18.2 Å². The normalized spacial score (nSPS) is 17.0. The summed E-state index contributed by atoms with van der Waals surface area (Å²) >= 11 is 0. The molecule has 3 rings (SSSR count). The van der Waals surface area contributed by atoms with E-state index in [4.69, 9.17) is 4.74 Å². The SMILES string of the molecule is COc1ccc(C(=O)NC(C(=O)NC2CCCNC2)c2ccccc2)cc1.Cl. The van der Waals surface area contributed by atoms with Crippen molar-refractivity contribution in [3.63, 3.8) is 0 Å². The maximum Gasteiger partial charge on any atom is 0.252 e. The number of rotatable bonds is 6. The van der Waals surface area contributed by atoms with Crippen LogP contribution in [0.3, 0.4) is 0 Å². The lowest BCUT2D eigenvalue weighted by molar-refractivity contribution is -0.124. The first-order chi connectivity index (χ1) is 13.2. The molecule has 150 valence electrons. The standard InChI is InChI=1S/C21H25N3O3.ClH/c1-27-18-11-9-16(10-12-18)20(25)24-19(15-6-3-2-4-7-15)21(26)23-17-8-5-13-22-14-17;/h2-4,6-7,9-12,17,19,22H,5,8,13-14H2,1H3,(H,23,26)(H,24,25);1H. The molecule has 0 saturated carbocycles. The van der Waals surface area contributed by atoms with Crippen LogP contribution in [0.2, 0.25) is 0 Å². The minimum atomic E-state index is -0.747. The van der Waals surface area contributed by atoms with Crippen molar-refractivity contribution in [1.82, 2.24) is 16.0 Å². The average Bonchev–Trinajstić information content (AvgIpc) is 2.73. The van der Waals surface area contributed by atoms with Crippen LogP contribution in [0.5, 0.6) is 5.75 Å². The molecule has 2 atom stereocenters. The Hall–Kier alpha value is -2.57. The molecule has 1 fully saturated rings. The fourth-order valence-corrected chi connectivity index (χ4v) is 3.16. The molecule has 0 spiro atoms. The second-order valence-corrected chi connectivity index (χ2v) is 6.60. The van der Waals surface area contributed by atoms with Crippen molar-refractivity contribution < 1.29 is 14.3 Å². The number of ether oxygens (including phenoxy) is 1. The van der Waals surface area contributed by atoms with E-state index in [0.717, 1.165) is 31.5 Å². The Bertz CT molecular complexity index is 762. The molecule has 2 aromatic rings. The number of piperidine rings is 1. The first-order valence-electron chi connectivity index (χ1n) is 9.18. The molecule has 6 nitrogen and oxygen atoms in total. The molecular weight excluding hydrogens is 378 g/mol. The number of methoxy groups -OCH3 is 1. The second-order valence-electron chi connectivity index (χ2n) is 6.60. The van der Waals surface area contributed by atoms with Crippen LogP contribution >= 0.6 is 12.4 Å². The number of amides is 2. The minimum absolute atomic E-state index is 0. The Balaban J connectivity index is 0.00000280. The molecule has 1 aliphatic rings. The fourth-order valence-electron chi connectivity index (χ4n) is 3.16. The van der Waals surface area contributed by atoms with Crippen molar-refractivity contribution in [1.29, 1.82) is 0 Å². The number of nitrogens with one attached hydrogen (secondary N) is 3. The van der Waals surface area contributed by atoms with E-state index in [-0.39, 0.29) is 30.3 Å². The summed E-state index contributed by atoms with van der Waals surface area (Å²) in [7, 11) is 1.57. The van der Waals surface area contributed by atoms with Crippen LogP contribution in [0.25, 0.3) is 0 Å². The third-order valence-electron chi connectivity index (χ3n) is 4.67. The Labute approximate surface area is 171 Å². The van der Waals surface area contributed by atoms with Crippen LogP contribution in [0.1, 0.15) is 34.8 Å². The number of carbonyl (C=O) groups excluding carboxylic acids is 2. The minimum Gasteiger partial charge on any atom is -0.497 e. The zero-order valence-corrected chi connectivity index (χ0v) is 16.6. The van der Waals surface area contributed by atoms with Gasteiger partial charge in [0.1, 0.15) is 11.8 Å². The number of hydrogen-bond acceptors (Lipinski definition) is 4. The van der Waals surface area contributed by atoms with Gasteiger partial charge in [-0.3, -0.25) is 9.59 Å². The van der Waals surface area contributed by atoms with Crippen molar-refractivity contribution in [3.8, 4) is 5.75 Å². The number of benzene rings is 2. The van der Waals surface area contributed by atoms with E-state index >= 15 is 0 Å². The van der Waals surface area contributed by atoms with Crippen LogP contribution in [0, 0.1) is 0 Å². The maximum absolute atomic E-state index is 12.9. The largest absolute Gasteiger partial charge is 0.497 e. The fraction of sp³-hybridized carbons (Fsp3) is 0.333. The summed E-state index contributed by atoms with van der Waals surface area (Å²) in [6, 6.07) is 15.4. The average molecular weight is 404 g/mol.